The molecule has 0 aliphatic rings. The molecule has 0 unspecified atom stereocenters. The van der Waals surface area contributed by atoms with Crippen LogP contribution in [-0.4, -0.2) is 43.2 Å². The van der Waals surface area contributed by atoms with E-state index < -0.39 is 0 Å². The van der Waals surface area contributed by atoms with E-state index in [4.69, 9.17) is 4.74 Å². The number of para-hydroxylation sites is 1. The summed E-state index contributed by atoms with van der Waals surface area (Å²) >= 11 is 0. The summed E-state index contributed by atoms with van der Waals surface area (Å²) in [5, 5.41) is 12.8. The van der Waals surface area contributed by atoms with E-state index in [2.05, 4.69) is 5.32 Å². The SMILES string of the molecule is CCCNC(=O)CN(C)Cc1cccc(OC)c1O. The molecule has 2 N–H and O–H groups in total. The van der Waals surface area contributed by atoms with Crippen LogP contribution in [0.3, 0.4) is 0 Å². The number of nitrogens with zero attached hydrogens (tertiary/aromatic N) is 1. The van der Waals surface area contributed by atoms with E-state index in [1.54, 1.807) is 6.07 Å². The van der Waals surface area contributed by atoms with Crippen LogP contribution in [0, 0.1) is 0 Å². The van der Waals surface area contributed by atoms with Gasteiger partial charge in [0, 0.05) is 18.7 Å². The van der Waals surface area contributed by atoms with Gasteiger partial charge in [-0.2, -0.15) is 0 Å². The molecular weight excluding hydrogens is 244 g/mol. The van der Waals surface area contributed by atoms with Crippen LogP contribution in [0.1, 0.15) is 18.9 Å². The third-order valence-electron chi connectivity index (χ3n) is 2.73. The van der Waals surface area contributed by atoms with Gasteiger partial charge in [0.2, 0.25) is 5.91 Å². The van der Waals surface area contributed by atoms with Gasteiger partial charge in [-0.1, -0.05) is 19.1 Å². The minimum atomic E-state index is -0.00765. The molecule has 0 aliphatic carbocycles. The lowest BCUT2D eigenvalue weighted by Crippen LogP contribution is -2.35. The lowest BCUT2D eigenvalue weighted by molar-refractivity contribution is -0.122. The molecule has 1 aromatic carbocycles. The largest absolute Gasteiger partial charge is 0.504 e. The van der Waals surface area contributed by atoms with Crippen LogP contribution in [0.25, 0.3) is 0 Å². The number of amides is 1. The summed E-state index contributed by atoms with van der Waals surface area (Å²) < 4.78 is 5.05. The molecule has 19 heavy (non-hydrogen) atoms. The van der Waals surface area contributed by atoms with Crippen LogP contribution >= 0.6 is 0 Å². The van der Waals surface area contributed by atoms with Crippen LogP contribution in [0.15, 0.2) is 18.2 Å². The number of likely N-dealkylation sites (N-methyl/N-ethyl adjacent to an activating group) is 1. The van der Waals surface area contributed by atoms with Gasteiger partial charge in [-0.3, -0.25) is 9.69 Å². The van der Waals surface area contributed by atoms with E-state index in [1.807, 2.05) is 31.0 Å². The molecule has 5 heteroatoms. The van der Waals surface area contributed by atoms with Crippen LogP contribution in [0.5, 0.6) is 11.5 Å². The number of nitrogens with one attached hydrogen (secondary N) is 1. The summed E-state index contributed by atoms with van der Waals surface area (Å²) in [6.45, 7) is 3.49. The monoisotopic (exact) mass is 266 g/mol. The van der Waals surface area contributed by atoms with E-state index in [0.717, 1.165) is 12.0 Å². The minimum Gasteiger partial charge on any atom is -0.504 e. The number of carbonyl (C=O) groups is 1. The molecular formula is C14H22N2O3. The maximum atomic E-state index is 11.6. The number of phenols is 1. The first-order valence-electron chi connectivity index (χ1n) is 6.38. The molecule has 0 aliphatic heterocycles. The highest BCUT2D eigenvalue weighted by Crippen LogP contribution is 2.29. The molecule has 1 amide bonds. The predicted molar refractivity (Wildman–Crippen MR) is 74.3 cm³/mol. The molecule has 0 heterocycles. The van der Waals surface area contributed by atoms with E-state index >= 15 is 0 Å². The fourth-order valence-corrected chi connectivity index (χ4v) is 1.77. The molecule has 0 fully saturated rings. The standard InChI is InChI=1S/C14H22N2O3/c1-4-8-15-13(17)10-16(2)9-11-6-5-7-12(19-3)14(11)18/h5-7,18H,4,8-10H2,1-3H3,(H,15,17). The Balaban J connectivity index is 2.57. The first-order valence-corrected chi connectivity index (χ1v) is 6.38. The van der Waals surface area contributed by atoms with Gasteiger partial charge in [-0.15, -0.1) is 0 Å². The Morgan fingerprint density at radius 1 is 1.47 bits per heavy atom. The van der Waals surface area contributed by atoms with E-state index in [-0.39, 0.29) is 11.7 Å². The highest BCUT2D eigenvalue weighted by atomic mass is 16.5. The molecule has 0 saturated heterocycles. The van der Waals surface area contributed by atoms with E-state index in [1.165, 1.54) is 7.11 Å². The number of benzene rings is 1. The lowest BCUT2D eigenvalue weighted by Gasteiger charge is -2.17. The molecule has 0 spiro atoms. The minimum absolute atomic E-state index is 0.00765. The van der Waals surface area contributed by atoms with Gasteiger partial charge in [-0.25, -0.2) is 0 Å². The molecule has 0 saturated carbocycles. The van der Waals surface area contributed by atoms with E-state index in [9.17, 15) is 9.90 Å². The molecule has 0 bridgehead atoms. The van der Waals surface area contributed by atoms with E-state index in [0.29, 0.717) is 25.4 Å². The predicted octanol–water partition coefficient (Wildman–Crippen LogP) is 1.36. The summed E-state index contributed by atoms with van der Waals surface area (Å²) in [6.07, 6.45) is 0.923. The number of aromatic hydroxyl groups is 1. The van der Waals surface area contributed by atoms with Crippen molar-refractivity contribution in [1.82, 2.24) is 10.2 Å². The number of methoxy groups -OCH3 is 1. The number of hydrogen-bond donors (Lipinski definition) is 2. The van der Waals surface area contributed by atoms with Gasteiger partial charge in [0.25, 0.3) is 0 Å². The summed E-state index contributed by atoms with van der Waals surface area (Å²) in [5.41, 5.74) is 0.741. The number of hydrogen-bond acceptors (Lipinski definition) is 4. The Bertz CT molecular complexity index is 421. The van der Waals surface area contributed by atoms with Crippen molar-refractivity contribution in [3.63, 3.8) is 0 Å². The quantitative estimate of drug-likeness (QED) is 0.782. The second-order valence-corrected chi connectivity index (χ2v) is 4.49. The number of ether oxygens (including phenoxy) is 1. The second-order valence-electron chi connectivity index (χ2n) is 4.49. The molecule has 1 rings (SSSR count). The third kappa shape index (κ3) is 4.79. The van der Waals surface area contributed by atoms with Gasteiger partial charge in [0.05, 0.1) is 13.7 Å². The molecule has 0 atom stereocenters. The van der Waals surface area contributed by atoms with Crippen LogP contribution in [-0.2, 0) is 11.3 Å². The maximum absolute atomic E-state index is 11.6. The number of phenolic OH excluding ortho intramolecular Hbond substituents is 1. The first-order chi connectivity index (χ1) is 9.08. The average molecular weight is 266 g/mol. The second kappa shape index (κ2) is 7.63. The summed E-state index contributed by atoms with van der Waals surface area (Å²) in [5.74, 6) is 0.568. The van der Waals surface area contributed by atoms with Crippen molar-refractivity contribution in [2.24, 2.45) is 0 Å². The smallest absolute Gasteiger partial charge is 0.234 e. The Kier molecular flexibility index (Phi) is 6.15. The van der Waals surface area contributed by atoms with Gasteiger partial charge in [-0.05, 0) is 19.5 Å². The third-order valence-corrected chi connectivity index (χ3v) is 2.73. The highest BCUT2D eigenvalue weighted by Gasteiger charge is 2.11. The van der Waals surface area contributed by atoms with Gasteiger partial charge in [0.15, 0.2) is 11.5 Å². The fourth-order valence-electron chi connectivity index (χ4n) is 1.77. The number of carbonyl (C=O) groups excluding carboxylic acids is 1. The zero-order valence-corrected chi connectivity index (χ0v) is 11.8. The average Bonchev–Trinajstić information content (AvgIpc) is 2.38. The van der Waals surface area contributed by atoms with Crippen molar-refractivity contribution in [3.05, 3.63) is 23.8 Å². The fraction of sp³-hybridized carbons (Fsp3) is 0.500. The number of rotatable bonds is 7. The van der Waals surface area contributed by atoms with Crippen molar-refractivity contribution in [2.45, 2.75) is 19.9 Å². The first kappa shape index (κ1) is 15.3. The van der Waals surface area contributed by atoms with Crippen molar-refractivity contribution in [3.8, 4) is 11.5 Å². The zero-order chi connectivity index (χ0) is 14.3. The summed E-state index contributed by atoms with van der Waals surface area (Å²) in [7, 11) is 3.35. The highest BCUT2D eigenvalue weighted by molar-refractivity contribution is 5.77. The normalized spacial score (nSPS) is 10.5. The van der Waals surface area contributed by atoms with Crippen molar-refractivity contribution < 1.29 is 14.6 Å². The van der Waals surface area contributed by atoms with Gasteiger partial charge >= 0.3 is 0 Å². The molecule has 5 nitrogen and oxygen atoms in total. The Morgan fingerprint density at radius 3 is 2.84 bits per heavy atom. The summed E-state index contributed by atoms with van der Waals surface area (Å²) in [4.78, 5) is 13.4. The zero-order valence-electron chi connectivity index (χ0n) is 11.8. The molecule has 106 valence electrons. The van der Waals surface area contributed by atoms with Crippen molar-refractivity contribution in [2.75, 3.05) is 27.2 Å². The van der Waals surface area contributed by atoms with Crippen LogP contribution in [0.2, 0.25) is 0 Å². The summed E-state index contributed by atoms with van der Waals surface area (Å²) in [6, 6.07) is 5.34. The molecule has 1 aromatic rings. The topological polar surface area (TPSA) is 61.8 Å². The lowest BCUT2D eigenvalue weighted by atomic mass is 10.1. The van der Waals surface area contributed by atoms with Gasteiger partial charge in [0.1, 0.15) is 0 Å². The molecule has 0 aromatic heterocycles. The van der Waals surface area contributed by atoms with Crippen LogP contribution < -0.4 is 10.1 Å². The van der Waals surface area contributed by atoms with Crippen LogP contribution in [0.4, 0.5) is 0 Å². The Hall–Kier alpha value is -1.75. The van der Waals surface area contributed by atoms with Crippen molar-refractivity contribution >= 4 is 5.91 Å². The van der Waals surface area contributed by atoms with Gasteiger partial charge < -0.3 is 15.2 Å². The maximum Gasteiger partial charge on any atom is 0.234 e. The van der Waals surface area contributed by atoms with Crippen molar-refractivity contribution in [1.29, 1.82) is 0 Å². The molecule has 0 radical (unpaired) electrons. The Morgan fingerprint density at radius 2 is 2.21 bits per heavy atom. The Labute approximate surface area is 114 Å².